The molecule has 0 spiro atoms. The number of aromatic nitrogens is 1. The van der Waals surface area contributed by atoms with Gasteiger partial charge in [-0.05, 0) is 51.2 Å². The number of amides is 1. The number of nitrogens with zero attached hydrogens (tertiary/aromatic N) is 2. The van der Waals surface area contributed by atoms with Gasteiger partial charge >= 0.3 is 0 Å². The summed E-state index contributed by atoms with van der Waals surface area (Å²) in [5.41, 5.74) is 3.77. The molecule has 0 saturated carbocycles. The van der Waals surface area contributed by atoms with Gasteiger partial charge in [-0.2, -0.15) is 0 Å². The van der Waals surface area contributed by atoms with E-state index in [4.69, 9.17) is 4.74 Å². The maximum absolute atomic E-state index is 12.6. The Hall–Kier alpha value is -1.98. The Morgan fingerprint density at radius 3 is 2.42 bits per heavy atom. The third kappa shape index (κ3) is 4.10. The first-order chi connectivity index (χ1) is 11.0. The van der Waals surface area contributed by atoms with Crippen molar-refractivity contribution >= 4 is 18.3 Å². The number of carbonyl (C=O) groups excluding carboxylic acids is 1. The fourth-order valence-corrected chi connectivity index (χ4v) is 2.69. The quantitative estimate of drug-likeness (QED) is 0.870. The number of rotatable bonds is 6. The highest BCUT2D eigenvalue weighted by Gasteiger charge is 2.19. The lowest BCUT2D eigenvalue weighted by atomic mass is 10.2. The molecule has 0 radical (unpaired) electrons. The minimum Gasteiger partial charge on any atom is -0.497 e. The van der Waals surface area contributed by atoms with Crippen molar-refractivity contribution in [1.29, 1.82) is 0 Å². The summed E-state index contributed by atoms with van der Waals surface area (Å²) in [6.07, 6.45) is 0. The number of halogens is 1. The number of hydrogen-bond donors (Lipinski definition) is 1. The summed E-state index contributed by atoms with van der Waals surface area (Å²) in [6.45, 7) is 5.46. The van der Waals surface area contributed by atoms with Crippen molar-refractivity contribution in [2.45, 2.75) is 13.8 Å². The number of likely N-dealkylation sites (N-methyl/N-ethyl adjacent to an activating group) is 2. The van der Waals surface area contributed by atoms with Crippen LogP contribution in [0, 0.1) is 13.8 Å². The third-order valence-corrected chi connectivity index (χ3v) is 4.04. The van der Waals surface area contributed by atoms with Gasteiger partial charge in [0.05, 0.1) is 12.7 Å². The van der Waals surface area contributed by atoms with E-state index in [0.717, 1.165) is 34.9 Å². The normalized spacial score (nSPS) is 10.2. The van der Waals surface area contributed by atoms with Gasteiger partial charge in [0.1, 0.15) is 5.75 Å². The average molecular weight is 352 g/mol. The van der Waals surface area contributed by atoms with Gasteiger partial charge in [-0.3, -0.25) is 4.79 Å². The van der Waals surface area contributed by atoms with Crippen LogP contribution >= 0.6 is 12.4 Å². The molecule has 0 aliphatic rings. The fourth-order valence-electron chi connectivity index (χ4n) is 2.69. The predicted molar refractivity (Wildman–Crippen MR) is 99.9 cm³/mol. The topological polar surface area (TPSA) is 46.5 Å². The highest BCUT2D eigenvalue weighted by Crippen LogP contribution is 2.23. The van der Waals surface area contributed by atoms with E-state index in [1.54, 1.807) is 12.0 Å². The number of methoxy groups -OCH3 is 1. The Balaban J connectivity index is 0.00000288. The lowest BCUT2D eigenvalue weighted by Crippen LogP contribution is -2.33. The Morgan fingerprint density at radius 1 is 1.25 bits per heavy atom. The highest BCUT2D eigenvalue weighted by molar-refractivity contribution is 5.95. The molecule has 0 fully saturated rings. The molecular formula is C18H26ClN3O2. The van der Waals surface area contributed by atoms with Crippen molar-refractivity contribution < 1.29 is 9.53 Å². The van der Waals surface area contributed by atoms with Gasteiger partial charge < -0.3 is 19.5 Å². The van der Waals surface area contributed by atoms with Crippen molar-refractivity contribution in [3.05, 3.63) is 47.3 Å². The van der Waals surface area contributed by atoms with E-state index in [1.165, 1.54) is 0 Å². The van der Waals surface area contributed by atoms with Crippen molar-refractivity contribution in [1.82, 2.24) is 14.8 Å². The SMILES string of the molecule is CNCCN(C)C(=O)c1cc(C)n(-c2ccc(OC)cc2)c1C.Cl. The smallest absolute Gasteiger partial charge is 0.255 e. The van der Waals surface area contributed by atoms with Crippen LogP contribution in [0.5, 0.6) is 5.75 Å². The van der Waals surface area contributed by atoms with Crippen LogP contribution in [0.2, 0.25) is 0 Å². The van der Waals surface area contributed by atoms with Crippen LogP contribution in [-0.4, -0.2) is 49.7 Å². The molecular weight excluding hydrogens is 326 g/mol. The zero-order valence-corrected chi connectivity index (χ0v) is 15.7. The molecule has 5 nitrogen and oxygen atoms in total. The lowest BCUT2D eigenvalue weighted by molar-refractivity contribution is 0.0796. The van der Waals surface area contributed by atoms with Gasteiger partial charge in [0, 0.05) is 37.2 Å². The summed E-state index contributed by atoms with van der Waals surface area (Å²) >= 11 is 0. The summed E-state index contributed by atoms with van der Waals surface area (Å²) in [4.78, 5) is 14.4. The van der Waals surface area contributed by atoms with Crippen LogP contribution in [-0.2, 0) is 0 Å². The minimum absolute atomic E-state index is 0. The Morgan fingerprint density at radius 2 is 1.88 bits per heavy atom. The number of hydrogen-bond acceptors (Lipinski definition) is 3. The number of nitrogens with one attached hydrogen (secondary N) is 1. The molecule has 132 valence electrons. The van der Waals surface area contributed by atoms with E-state index in [1.807, 2.05) is 58.3 Å². The molecule has 24 heavy (non-hydrogen) atoms. The predicted octanol–water partition coefficient (Wildman–Crippen LogP) is 2.82. The second kappa shape index (κ2) is 8.76. The molecule has 6 heteroatoms. The molecule has 0 saturated heterocycles. The molecule has 2 aromatic rings. The number of benzene rings is 1. The average Bonchev–Trinajstić information content (AvgIpc) is 2.86. The monoisotopic (exact) mass is 351 g/mol. The van der Waals surface area contributed by atoms with Gasteiger partial charge in [0.2, 0.25) is 0 Å². The van der Waals surface area contributed by atoms with Crippen LogP contribution in [0.25, 0.3) is 5.69 Å². The molecule has 0 aliphatic heterocycles. The largest absolute Gasteiger partial charge is 0.497 e. The standard InChI is InChI=1S/C18H25N3O2.ClH/c1-13-12-17(18(22)20(4)11-10-19-3)14(2)21(13)15-6-8-16(23-5)9-7-15;/h6-9,12,19H,10-11H2,1-5H3;1H. The van der Waals surface area contributed by atoms with Crippen molar-refractivity contribution in [2.24, 2.45) is 0 Å². The zero-order chi connectivity index (χ0) is 17.0. The first-order valence-corrected chi connectivity index (χ1v) is 7.73. The summed E-state index contributed by atoms with van der Waals surface area (Å²) in [5.74, 6) is 0.868. The molecule has 1 aromatic heterocycles. The molecule has 1 aromatic carbocycles. The highest BCUT2D eigenvalue weighted by atomic mass is 35.5. The Kier molecular flexibility index (Phi) is 7.32. The van der Waals surface area contributed by atoms with E-state index in [-0.39, 0.29) is 18.3 Å². The lowest BCUT2D eigenvalue weighted by Gasteiger charge is -2.17. The van der Waals surface area contributed by atoms with Gasteiger partial charge in [-0.25, -0.2) is 0 Å². The summed E-state index contributed by atoms with van der Waals surface area (Å²) in [7, 11) is 5.37. The van der Waals surface area contributed by atoms with Gasteiger partial charge in [-0.1, -0.05) is 0 Å². The second-order valence-electron chi connectivity index (χ2n) is 5.65. The number of carbonyl (C=O) groups is 1. The molecule has 1 heterocycles. The minimum atomic E-state index is 0. The van der Waals surface area contributed by atoms with E-state index in [9.17, 15) is 4.79 Å². The van der Waals surface area contributed by atoms with E-state index in [0.29, 0.717) is 6.54 Å². The van der Waals surface area contributed by atoms with Gasteiger partial charge in [0.25, 0.3) is 5.91 Å². The number of aryl methyl sites for hydroxylation is 1. The van der Waals surface area contributed by atoms with Crippen LogP contribution < -0.4 is 10.1 Å². The van der Waals surface area contributed by atoms with Crippen LogP contribution in [0.1, 0.15) is 21.7 Å². The fraction of sp³-hybridized carbons (Fsp3) is 0.389. The first-order valence-electron chi connectivity index (χ1n) is 7.73. The molecule has 0 atom stereocenters. The maximum Gasteiger partial charge on any atom is 0.255 e. The van der Waals surface area contributed by atoms with E-state index < -0.39 is 0 Å². The van der Waals surface area contributed by atoms with Crippen molar-refractivity contribution in [2.75, 3.05) is 34.3 Å². The summed E-state index contributed by atoms with van der Waals surface area (Å²) in [5, 5.41) is 3.06. The van der Waals surface area contributed by atoms with Crippen LogP contribution in [0.4, 0.5) is 0 Å². The number of ether oxygens (including phenoxy) is 1. The molecule has 1 N–H and O–H groups in total. The van der Waals surface area contributed by atoms with Crippen molar-refractivity contribution in [3.8, 4) is 11.4 Å². The molecule has 2 rings (SSSR count). The maximum atomic E-state index is 12.6. The first kappa shape index (κ1) is 20.1. The molecule has 0 unspecified atom stereocenters. The van der Waals surface area contributed by atoms with Crippen LogP contribution in [0.15, 0.2) is 30.3 Å². The van der Waals surface area contributed by atoms with E-state index >= 15 is 0 Å². The van der Waals surface area contributed by atoms with Gasteiger partial charge in [0.15, 0.2) is 0 Å². The summed E-state index contributed by atoms with van der Waals surface area (Å²) < 4.78 is 7.30. The molecule has 1 amide bonds. The van der Waals surface area contributed by atoms with Gasteiger partial charge in [-0.15, -0.1) is 12.4 Å². The summed E-state index contributed by atoms with van der Waals surface area (Å²) in [6, 6.07) is 9.80. The Bertz CT molecular complexity index is 680. The molecule has 0 aliphatic carbocycles. The van der Waals surface area contributed by atoms with Crippen molar-refractivity contribution in [3.63, 3.8) is 0 Å². The second-order valence-corrected chi connectivity index (χ2v) is 5.65. The third-order valence-electron chi connectivity index (χ3n) is 4.04. The van der Waals surface area contributed by atoms with E-state index in [2.05, 4.69) is 9.88 Å². The molecule has 0 bridgehead atoms. The Labute approximate surface area is 150 Å². The zero-order valence-electron chi connectivity index (χ0n) is 14.9. The van der Waals surface area contributed by atoms with Crippen LogP contribution in [0.3, 0.4) is 0 Å².